The average Bonchev–Trinajstić information content (AvgIpc) is 2.41. The monoisotopic (exact) mass is 286 g/mol. The minimum Gasteiger partial charge on any atom is -0.490 e. The van der Waals surface area contributed by atoms with E-state index in [9.17, 15) is 14.5 Å². The molecule has 0 spiro atoms. The Hall–Kier alpha value is -1.89. The molecule has 0 fully saturated rings. The Kier molecular flexibility index (Phi) is 6.17. The van der Waals surface area contributed by atoms with Crippen molar-refractivity contribution in [3.63, 3.8) is 0 Å². The average molecular weight is 286 g/mol. The first-order chi connectivity index (χ1) is 9.53. The maximum Gasteiger partial charge on any atom is 0.313 e. The van der Waals surface area contributed by atoms with E-state index in [0.29, 0.717) is 6.61 Å². The van der Waals surface area contributed by atoms with Crippen molar-refractivity contribution in [3.8, 4) is 5.75 Å². The molecule has 0 saturated carbocycles. The van der Waals surface area contributed by atoms with Crippen molar-refractivity contribution in [2.24, 2.45) is 0 Å². The molecule has 0 aliphatic heterocycles. The smallest absolute Gasteiger partial charge is 0.313 e. The first-order valence-electron chi connectivity index (χ1n) is 6.30. The van der Waals surface area contributed by atoms with Crippen LogP contribution in [0.4, 0.5) is 15.8 Å². The molecule has 1 aromatic carbocycles. The summed E-state index contributed by atoms with van der Waals surface area (Å²) >= 11 is 0. The predicted molar refractivity (Wildman–Crippen MR) is 73.8 cm³/mol. The van der Waals surface area contributed by atoms with Gasteiger partial charge in [-0.3, -0.25) is 10.1 Å². The maximum absolute atomic E-state index is 13.9. The van der Waals surface area contributed by atoms with Crippen LogP contribution in [0.25, 0.3) is 0 Å². The van der Waals surface area contributed by atoms with Crippen LogP contribution in [0.1, 0.15) is 19.8 Å². The van der Waals surface area contributed by atoms with Crippen molar-refractivity contribution in [2.75, 3.05) is 26.1 Å². The van der Waals surface area contributed by atoms with Crippen molar-refractivity contribution in [1.82, 2.24) is 0 Å². The van der Waals surface area contributed by atoms with E-state index in [1.165, 1.54) is 13.2 Å². The number of nitro groups is 1. The highest BCUT2D eigenvalue weighted by atomic mass is 19.1. The zero-order chi connectivity index (χ0) is 15.1. The van der Waals surface area contributed by atoms with Crippen LogP contribution in [0.2, 0.25) is 0 Å². The number of halogens is 1. The Morgan fingerprint density at radius 3 is 2.65 bits per heavy atom. The van der Waals surface area contributed by atoms with Gasteiger partial charge < -0.3 is 14.8 Å². The second-order valence-electron chi connectivity index (χ2n) is 4.35. The first-order valence-corrected chi connectivity index (χ1v) is 6.30. The van der Waals surface area contributed by atoms with Crippen LogP contribution >= 0.6 is 0 Å². The van der Waals surface area contributed by atoms with Gasteiger partial charge in [0.2, 0.25) is 0 Å². The minimum absolute atomic E-state index is 0.0200. The van der Waals surface area contributed by atoms with Crippen LogP contribution in [0.5, 0.6) is 5.75 Å². The van der Waals surface area contributed by atoms with E-state index in [1.807, 2.05) is 6.92 Å². The van der Waals surface area contributed by atoms with Gasteiger partial charge in [0.15, 0.2) is 11.6 Å². The number of rotatable bonds is 8. The van der Waals surface area contributed by atoms with E-state index in [-0.39, 0.29) is 17.5 Å². The number of anilines is 1. The summed E-state index contributed by atoms with van der Waals surface area (Å²) in [6.07, 6.45) is 1.71. The van der Waals surface area contributed by atoms with Crippen LogP contribution in [0.15, 0.2) is 12.1 Å². The highest BCUT2D eigenvalue weighted by Crippen LogP contribution is 2.32. The first kappa shape index (κ1) is 16.2. The highest BCUT2D eigenvalue weighted by molar-refractivity contribution is 5.59. The van der Waals surface area contributed by atoms with Gasteiger partial charge in [0.1, 0.15) is 0 Å². The fraction of sp³-hybridized carbons (Fsp3) is 0.538. The molecule has 0 heterocycles. The third kappa shape index (κ3) is 4.06. The van der Waals surface area contributed by atoms with Gasteiger partial charge >= 0.3 is 5.69 Å². The van der Waals surface area contributed by atoms with Crippen LogP contribution in [-0.4, -0.2) is 31.8 Å². The molecular weight excluding hydrogens is 267 g/mol. The van der Waals surface area contributed by atoms with Gasteiger partial charge in [0.05, 0.1) is 30.4 Å². The summed E-state index contributed by atoms with van der Waals surface area (Å²) in [6, 6.07) is 2.09. The Morgan fingerprint density at radius 1 is 1.45 bits per heavy atom. The number of ether oxygens (including phenoxy) is 2. The van der Waals surface area contributed by atoms with E-state index < -0.39 is 16.4 Å². The minimum atomic E-state index is -0.685. The third-order valence-electron chi connectivity index (χ3n) is 2.83. The molecular formula is C13H19FN2O4. The summed E-state index contributed by atoms with van der Waals surface area (Å²) in [5.41, 5.74) is -0.225. The Balaban J connectivity index is 3.02. The molecule has 0 bridgehead atoms. The molecule has 0 saturated heterocycles. The Labute approximate surface area is 117 Å². The molecule has 0 amide bonds. The van der Waals surface area contributed by atoms with E-state index in [2.05, 4.69) is 5.32 Å². The molecule has 0 aliphatic rings. The van der Waals surface area contributed by atoms with E-state index >= 15 is 0 Å². The molecule has 0 aliphatic carbocycles. The van der Waals surface area contributed by atoms with Gasteiger partial charge in [-0.15, -0.1) is 0 Å². The zero-order valence-corrected chi connectivity index (χ0v) is 11.8. The molecule has 0 aromatic heterocycles. The van der Waals surface area contributed by atoms with Gasteiger partial charge in [-0.2, -0.15) is 0 Å². The number of nitro benzene ring substituents is 1. The van der Waals surface area contributed by atoms with Gasteiger partial charge in [-0.05, 0) is 6.42 Å². The molecule has 6 nitrogen and oxygen atoms in total. The van der Waals surface area contributed by atoms with Crippen molar-refractivity contribution < 1.29 is 18.8 Å². The largest absolute Gasteiger partial charge is 0.490 e. The number of hydrogen-bond acceptors (Lipinski definition) is 5. The lowest BCUT2D eigenvalue weighted by molar-refractivity contribution is -0.385. The maximum atomic E-state index is 13.9. The lowest BCUT2D eigenvalue weighted by Gasteiger charge is -2.19. The zero-order valence-electron chi connectivity index (χ0n) is 11.8. The molecule has 7 heteroatoms. The molecule has 1 atom stereocenters. The number of methoxy groups -OCH3 is 2. The van der Waals surface area contributed by atoms with Crippen LogP contribution in [0.3, 0.4) is 0 Å². The van der Waals surface area contributed by atoms with Crippen LogP contribution < -0.4 is 10.1 Å². The summed E-state index contributed by atoms with van der Waals surface area (Å²) in [5, 5.41) is 13.8. The molecule has 112 valence electrons. The predicted octanol–water partition coefficient (Wildman–Crippen LogP) is 2.97. The molecule has 1 N–H and O–H groups in total. The van der Waals surface area contributed by atoms with Crippen molar-refractivity contribution >= 4 is 11.4 Å². The lowest BCUT2D eigenvalue weighted by Crippen LogP contribution is -2.25. The highest BCUT2D eigenvalue weighted by Gasteiger charge is 2.20. The molecule has 1 aromatic rings. The van der Waals surface area contributed by atoms with Crippen molar-refractivity contribution in [2.45, 2.75) is 25.8 Å². The summed E-state index contributed by atoms with van der Waals surface area (Å²) in [6.45, 7) is 2.43. The topological polar surface area (TPSA) is 73.6 Å². The lowest BCUT2D eigenvalue weighted by atomic mass is 10.1. The summed E-state index contributed by atoms with van der Waals surface area (Å²) < 4.78 is 23.9. The van der Waals surface area contributed by atoms with E-state index in [0.717, 1.165) is 18.9 Å². The standard InChI is InChI=1S/C13H19FN2O4/c1-4-5-9(8-19-2)15-11-7-13(20-3)12(16(17)18)6-10(11)14/h6-7,9,15H,4-5,8H2,1-3H3. The summed E-state index contributed by atoms with van der Waals surface area (Å²) in [4.78, 5) is 10.1. The van der Waals surface area contributed by atoms with E-state index in [4.69, 9.17) is 9.47 Å². The van der Waals surface area contributed by atoms with Gasteiger partial charge in [0, 0.05) is 19.2 Å². The molecule has 1 unspecified atom stereocenters. The fourth-order valence-corrected chi connectivity index (χ4v) is 1.93. The number of hydrogen-bond donors (Lipinski definition) is 1. The summed E-state index contributed by atoms with van der Waals surface area (Å²) in [7, 11) is 2.87. The second kappa shape index (κ2) is 7.64. The number of nitrogens with one attached hydrogen (secondary N) is 1. The Morgan fingerprint density at radius 2 is 2.15 bits per heavy atom. The third-order valence-corrected chi connectivity index (χ3v) is 2.83. The van der Waals surface area contributed by atoms with Gasteiger partial charge in [0.25, 0.3) is 0 Å². The Bertz CT molecular complexity index is 462. The fourth-order valence-electron chi connectivity index (χ4n) is 1.93. The number of nitrogens with zero attached hydrogens (tertiary/aromatic N) is 1. The van der Waals surface area contributed by atoms with Gasteiger partial charge in [-0.25, -0.2) is 4.39 Å². The van der Waals surface area contributed by atoms with Crippen LogP contribution in [0, 0.1) is 15.9 Å². The van der Waals surface area contributed by atoms with E-state index in [1.54, 1.807) is 7.11 Å². The summed E-state index contributed by atoms with van der Waals surface area (Å²) in [5.74, 6) is -0.665. The quantitative estimate of drug-likeness (QED) is 0.587. The van der Waals surface area contributed by atoms with Crippen molar-refractivity contribution in [3.05, 3.63) is 28.1 Å². The van der Waals surface area contributed by atoms with Crippen LogP contribution in [-0.2, 0) is 4.74 Å². The SMILES string of the molecule is CCCC(COC)Nc1cc(OC)c([N+](=O)[O-])cc1F. The van der Waals surface area contributed by atoms with Crippen molar-refractivity contribution in [1.29, 1.82) is 0 Å². The molecule has 0 radical (unpaired) electrons. The number of benzene rings is 1. The molecule has 1 rings (SSSR count). The normalized spacial score (nSPS) is 12.0. The molecule has 20 heavy (non-hydrogen) atoms. The second-order valence-corrected chi connectivity index (χ2v) is 4.35. The van der Waals surface area contributed by atoms with Gasteiger partial charge in [-0.1, -0.05) is 13.3 Å².